The van der Waals surface area contributed by atoms with Gasteiger partial charge in [-0.1, -0.05) is 18.2 Å². The van der Waals surface area contributed by atoms with Gasteiger partial charge in [-0.05, 0) is 30.4 Å². The summed E-state index contributed by atoms with van der Waals surface area (Å²) < 4.78 is 37.3. The van der Waals surface area contributed by atoms with Crippen LogP contribution in [-0.2, 0) is 6.18 Å². The van der Waals surface area contributed by atoms with Crippen LogP contribution in [0.5, 0.6) is 0 Å². The van der Waals surface area contributed by atoms with E-state index < -0.39 is 11.7 Å². The molecule has 0 aliphatic heterocycles. The summed E-state index contributed by atoms with van der Waals surface area (Å²) in [6.07, 6.45) is -1.56. The highest BCUT2D eigenvalue weighted by Crippen LogP contribution is 2.44. The van der Waals surface area contributed by atoms with Crippen LogP contribution in [0.15, 0.2) is 24.3 Å². The lowest BCUT2D eigenvalue weighted by Gasteiger charge is -2.11. The monoisotopic (exact) mass is 185 g/mol. The molecule has 1 unspecified atom stereocenters. The molecule has 0 bridgehead atoms. The molecule has 0 nitrogen and oxygen atoms in total. The maximum atomic E-state index is 12.4. The molecule has 3 heteroatoms. The maximum Gasteiger partial charge on any atom is 0.416 e. The van der Waals surface area contributed by atoms with Crippen LogP contribution in [0.2, 0.25) is 0 Å². The standard InChI is InChI=1S/C10H8F3/c11-10(12,13)9-4-2-1-3-8(9)7-5-6-7/h1-5,7H,6H2. The number of hydrogen-bond donors (Lipinski definition) is 0. The third kappa shape index (κ3) is 1.69. The van der Waals surface area contributed by atoms with Gasteiger partial charge in [-0.3, -0.25) is 0 Å². The zero-order valence-corrected chi connectivity index (χ0v) is 6.81. The van der Waals surface area contributed by atoms with Crippen molar-refractivity contribution in [1.29, 1.82) is 0 Å². The van der Waals surface area contributed by atoms with Gasteiger partial charge in [0.2, 0.25) is 0 Å². The number of hydrogen-bond acceptors (Lipinski definition) is 0. The third-order valence-electron chi connectivity index (χ3n) is 2.14. The van der Waals surface area contributed by atoms with E-state index in [1.54, 1.807) is 12.1 Å². The highest BCUT2D eigenvalue weighted by molar-refractivity contribution is 5.38. The van der Waals surface area contributed by atoms with Crippen molar-refractivity contribution in [2.24, 2.45) is 0 Å². The zero-order chi connectivity index (χ0) is 9.47. The van der Waals surface area contributed by atoms with E-state index in [-0.39, 0.29) is 5.92 Å². The zero-order valence-electron chi connectivity index (χ0n) is 6.81. The molecule has 0 spiro atoms. The third-order valence-corrected chi connectivity index (χ3v) is 2.14. The second-order valence-corrected chi connectivity index (χ2v) is 3.16. The van der Waals surface area contributed by atoms with Crippen LogP contribution < -0.4 is 0 Å². The molecule has 2 rings (SSSR count). The van der Waals surface area contributed by atoms with Gasteiger partial charge < -0.3 is 0 Å². The van der Waals surface area contributed by atoms with Crippen molar-refractivity contribution in [3.8, 4) is 0 Å². The van der Waals surface area contributed by atoms with E-state index in [0.717, 1.165) is 12.5 Å². The van der Waals surface area contributed by atoms with Crippen LogP contribution in [0, 0.1) is 6.42 Å². The van der Waals surface area contributed by atoms with Crippen molar-refractivity contribution >= 4 is 0 Å². The summed E-state index contributed by atoms with van der Waals surface area (Å²) in [5.41, 5.74) is -0.0799. The largest absolute Gasteiger partial charge is 0.416 e. The average Bonchev–Trinajstić information content (AvgIpc) is 2.85. The summed E-state index contributed by atoms with van der Waals surface area (Å²) in [6, 6.07) is 5.77. The molecule has 0 aromatic heterocycles. The number of benzene rings is 1. The van der Waals surface area contributed by atoms with Gasteiger partial charge in [0.05, 0.1) is 5.56 Å². The Balaban J connectivity index is 2.43. The number of alkyl halides is 3. The minimum atomic E-state index is -4.22. The van der Waals surface area contributed by atoms with Crippen molar-refractivity contribution in [2.75, 3.05) is 0 Å². The van der Waals surface area contributed by atoms with Crippen LogP contribution in [0.3, 0.4) is 0 Å². The number of rotatable bonds is 1. The normalized spacial score (nSPS) is 17.5. The first-order chi connectivity index (χ1) is 6.09. The molecule has 1 aliphatic rings. The van der Waals surface area contributed by atoms with E-state index in [2.05, 4.69) is 0 Å². The fraction of sp³-hybridized carbons (Fsp3) is 0.300. The summed E-state index contributed by atoms with van der Waals surface area (Å²) in [4.78, 5) is 0. The van der Waals surface area contributed by atoms with Gasteiger partial charge in [-0.25, -0.2) is 0 Å². The average molecular weight is 185 g/mol. The molecule has 1 aromatic rings. The summed E-state index contributed by atoms with van der Waals surface area (Å²) in [5, 5.41) is 0. The summed E-state index contributed by atoms with van der Waals surface area (Å²) >= 11 is 0. The van der Waals surface area contributed by atoms with Crippen LogP contribution in [0.4, 0.5) is 13.2 Å². The summed E-state index contributed by atoms with van der Waals surface area (Å²) in [6.45, 7) is 0. The Bertz CT molecular complexity index is 310. The van der Waals surface area contributed by atoms with E-state index in [1.165, 1.54) is 6.07 Å². The molecule has 1 atom stereocenters. The van der Waals surface area contributed by atoms with Gasteiger partial charge >= 0.3 is 6.18 Å². The fourth-order valence-corrected chi connectivity index (χ4v) is 1.40. The van der Waals surface area contributed by atoms with E-state index in [4.69, 9.17) is 0 Å². The lowest BCUT2D eigenvalue weighted by Crippen LogP contribution is -2.08. The quantitative estimate of drug-likeness (QED) is 0.629. The molecule has 1 radical (unpaired) electrons. The topological polar surface area (TPSA) is 0 Å². The highest BCUT2D eigenvalue weighted by atomic mass is 19.4. The lowest BCUT2D eigenvalue weighted by molar-refractivity contribution is -0.138. The van der Waals surface area contributed by atoms with Gasteiger partial charge in [0.1, 0.15) is 0 Å². The Labute approximate surface area is 74.4 Å². The van der Waals surface area contributed by atoms with Gasteiger partial charge in [-0.15, -0.1) is 0 Å². The lowest BCUT2D eigenvalue weighted by atomic mass is 10.0. The van der Waals surface area contributed by atoms with Crippen molar-refractivity contribution in [3.63, 3.8) is 0 Å². The minimum Gasteiger partial charge on any atom is -0.166 e. The molecule has 13 heavy (non-hydrogen) atoms. The first kappa shape index (κ1) is 8.60. The Morgan fingerprint density at radius 2 is 1.77 bits per heavy atom. The SMILES string of the molecule is FC(F)(F)c1ccccc1C1[CH]C1. The van der Waals surface area contributed by atoms with Crippen LogP contribution in [-0.4, -0.2) is 0 Å². The fourth-order valence-electron chi connectivity index (χ4n) is 1.40. The van der Waals surface area contributed by atoms with Crippen LogP contribution in [0.25, 0.3) is 0 Å². The first-order valence-electron chi connectivity index (χ1n) is 4.08. The van der Waals surface area contributed by atoms with Gasteiger partial charge in [-0.2, -0.15) is 13.2 Å². The Morgan fingerprint density at radius 3 is 2.31 bits per heavy atom. The second kappa shape index (κ2) is 2.76. The molecule has 1 aromatic carbocycles. The summed E-state index contributed by atoms with van der Waals surface area (Å²) in [7, 11) is 0. The second-order valence-electron chi connectivity index (χ2n) is 3.16. The van der Waals surface area contributed by atoms with E-state index in [1.807, 2.05) is 6.42 Å². The molecular formula is C10H8F3. The minimum absolute atomic E-state index is 0.0258. The predicted molar refractivity (Wildman–Crippen MR) is 43.1 cm³/mol. The summed E-state index contributed by atoms with van der Waals surface area (Å²) in [5.74, 6) is 0.0258. The molecule has 1 saturated carbocycles. The predicted octanol–water partition coefficient (Wildman–Crippen LogP) is 3.40. The molecule has 1 aliphatic carbocycles. The van der Waals surface area contributed by atoms with Gasteiger partial charge in [0.15, 0.2) is 0 Å². The van der Waals surface area contributed by atoms with Crippen molar-refractivity contribution in [3.05, 3.63) is 41.8 Å². The molecule has 1 fully saturated rings. The highest BCUT2D eigenvalue weighted by Gasteiger charge is 2.37. The van der Waals surface area contributed by atoms with Crippen molar-refractivity contribution < 1.29 is 13.2 Å². The van der Waals surface area contributed by atoms with E-state index in [0.29, 0.717) is 5.56 Å². The number of halogens is 3. The molecule has 0 amide bonds. The molecular weight excluding hydrogens is 177 g/mol. The first-order valence-corrected chi connectivity index (χ1v) is 4.08. The van der Waals surface area contributed by atoms with Crippen LogP contribution >= 0.6 is 0 Å². The Morgan fingerprint density at radius 1 is 1.15 bits per heavy atom. The van der Waals surface area contributed by atoms with E-state index in [9.17, 15) is 13.2 Å². The van der Waals surface area contributed by atoms with Crippen LogP contribution in [0.1, 0.15) is 23.5 Å². The Hall–Kier alpha value is -0.990. The molecule has 69 valence electrons. The molecule has 0 N–H and O–H groups in total. The molecule has 0 saturated heterocycles. The van der Waals surface area contributed by atoms with Gasteiger partial charge in [0, 0.05) is 0 Å². The van der Waals surface area contributed by atoms with E-state index >= 15 is 0 Å². The maximum absolute atomic E-state index is 12.4. The Kier molecular flexibility index (Phi) is 1.82. The molecule has 0 heterocycles. The van der Waals surface area contributed by atoms with Crippen molar-refractivity contribution in [2.45, 2.75) is 18.5 Å². The van der Waals surface area contributed by atoms with Crippen molar-refractivity contribution in [1.82, 2.24) is 0 Å². The smallest absolute Gasteiger partial charge is 0.166 e. The van der Waals surface area contributed by atoms with Gasteiger partial charge in [0.25, 0.3) is 0 Å².